The Labute approximate surface area is 277 Å². The number of benzene rings is 7. The molecule has 0 bridgehead atoms. The van der Waals surface area contributed by atoms with Gasteiger partial charge in [-0.2, -0.15) is 0 Å². The normalized spacial score (nSPS) is 13.4. The highest BCUT2D eigenvalue weighted by Gasteiger charge is 2.45. The first-order valence-corrected chi connectivity index (χ1v) is 16.4. The minimum absolute atomic E-state index is 0.0406. The highest BCUT2D eigenvalue weighted by Crippen LogP contribution is 2.39. The molecule has 1 aromatic heterocycles. The van der Waals surface area contributed by atoms with Crippen LogP contribution in [0.15, 0.2) is 152 Å². The predicted molar refractivity (Wildman–Crippen MR) is 196 cm³/mol. The Balaban J connectivity index is 1.33. The number of fused-ring (bicyclic) bond motifs is 9. The van der Waals surface area contributed by atoms with Crippen LogP contribution >= 0.6 is 0 Å². The first kappa shape index (κ1) is 26.0. The standard InChI is InChI=1S/C42H25B2NO3/c1-7-19-32-26(13-1)27-14-2-8-20-33(27)45(32)34-25-39-41-42(40(34)43-28-15-3-9-21-35(28)46-36-22-10-4-16-29(36)43)48-38-24-12-6-18-31(38)44(41)30-17-5-11-23-37(30)47-39/h1-25H. The summed E-state index contributed by atoms with van der Waals surface area (Å²) in [6, 6.07) is 53.3. The molecule has 6 heteroatoms. The number of aromatic nitrogens is 1. The van der Waals surface area contributed by atoms with Gasteiger partial charge in [0.05, 0.1) is 11.0 Å². The monoisotopic (exact) mass is 613 g/mol. The average Bonchev–Trinajstić information content (AvgIpc) is 3.48. The van der Waals surface area contributed by atoms with E-state index in [1.54, 1.807) is 0 Å². The quantitative estimate of drug-likeness (QED) is 0.220. The molecule has 4 heterocycles. The van der Waals surface area contributed by atoms with Gasteiger partial charge in [0, 0.05) is 28.0 Å². The fourth-order valence-corrected chi connectivity index (χ4v) is 8.32. The highest BCUT2D eigenvalue weighted by molar-refractivity contribution is 7.01. The topological polar surface area (TPSA) is 32.6 Å². The highest BCUT2D eigenvalue weighted by atomic mass is 16.5. The first-order valence-electron chi connectivity index (χ1n) is 16.4. The van der Waals surface area contributed by atoms with Crippen molar-refractivity contribution in [1.29, 1.82) is 0 Å². The molecule has 0 aliphatic carbocycles. The van der Waals surface area contributed by atoms with E-state index in [1.807, 2.05) is 18.2 Å². The smallest absolute Gasteiger partial charge is 0.260 e. The zero-order valence-corrected chi connectivity index (χ0v) is 25.8. The molecule has 8 aromatic rings. The van der Waals surface area contributed by atoms with Crippen molar-refractivity contribution in [2.45, 2.75) is 0 Å². The largest absolute Gasteiger partial charge is 0.459 e. The van der Waals surface area contributed by atoms with Gasteiger partial charge in [0.15, 0.2) is 0 Å². The molecular formula is C42H25B2NO3. The summed E-state index contributed by atoms with van der Waals surface area (Å²) in [5.41, 5.74) is 9.93. The summed E-state index contributed by atoms with van der Waals surface area (Å²) in [5, 5.41) is 2.40. The third-order valence-corrected chi connectivity index (χ3v) is 10.3. The molecular weight excluding hydrogens is 588 g/mol. The Morgan fingerprint density at radius 3 is 1.29 bits per heavy atom. The summed E-state index contributed by atoms with van der Waals surface area (Å²) in [6.45, 7) is -0.217. The van der Waals surface area contributed by atoms with Crippen LogP contribution in [0.4, 0.5) is 0 Å². The number of rotatable bonds is 2. The second-order valence-corrected chi connectivity index (χ2v) is 12.7. The van der Waals surface area contributed by atoms with E-state index in [1.165, 1.54) is 10.8 Å². The van der Waals surface area contributed by atoms with Crippen molar-refractivity contribution in [2.75, 3.05) is 0 Å². The number of nitrogens with zero attached hydrogens (tertiary/aromatic N) is 1. The van der Waals surface area contributed by atoms with Gasteiger partial charge in [-0.3, -0.25) is 0 Å². The molecule has 0 N–H and O–H groups in total. The van der Waals surface area contributed by atoms with Gasteiger partial charge in [0.2, 0.25) is 0 Å². The number of para-hydroxylation sites is 6. The Kier molecular flexibility index (Phi) is 5.25. The maximum absolute atomic E-state index is 7.18. The summed E-state index contributed by atoms with van der Waals surface area (Å²) in [4.78, 5) is 0. The van der Waals surface area contributed by atoms with Crippen molar-refractivity contribution in [3.63, 3.8) is 0 Å². The van der Waals surface area contributed by atoms with Crippen LogP contribution in [0.3, 0.4) is 0 Å². The lowest BCUT2D eigenvalue weighted by Crippen LogP contribution is -2.62. The average molecular weight is 613 g/mol. The molecule has 0 spiro atoms. The summed E-state index contributed by atoms with van der Waals surface area (Å²) in [5.74, 6) is 5.12. The third kappa shape index (κ3) is 3.46. The summed E-state index contributed by atoms with van der Waals surface area (Å²) in [6.07, 6.45) is 0. The zero-order valence-electron chi connectivity index (χ0n) is 25.8. The molecule has 11 rings (SSSR count). The van der Waals surface area contributed by atoms with Crippen molar-refractivity contribution in [2.24, 2.45) is 0 Å². The summed E-state index contributed by atoms with van der Waals surface area (Å²) >= 11 is 0. The number of ether oxygens (including phenoxy) is 3. The van der Waals surface area contributed by atoms with Crippen LogP contribution in [-0.4, -0.2) is 18.0 Å². The lowest BCUT2D eigenvalue weighted by molar-refractivity contribution is 0.466. The van der Waals surface area contributed by atoms with Gasteiger partial charge in [-0.15, -0.1) is 0 Å². The zero-order chi connectivity index (χ0) is 31.3. The Hall–Kier alpha value is -6.13. The SMILES string of the molecule is c1ccc2c(c1)Oc1cc(-n3c4ccccc4c4ccccc43)c(B3c4ccccc4Oc4ccccc43)c3c1B2c1ccccc1O3. The van der Waals surface area contributed by atoms with E-state index in [0.717, 1.165) is 84.0 Å². The van der Waals surface area contributed by atoms with Crippen molar-refractivity contribution >= 4 is 68.0 Å². The Morgan fingerprint density at radius 1 is 0.375 bits per heavy atom. The van der Waals surface area contributed by atoms with Gasteiger partial charge in [-0.1, -0.05) is 109 Å². The molecule has 0 unspecified atom stereocenters. The molecule has 0 atom stereocenters. The molecule has 222 valence electrons. The predicted octanol–water partition coefficient (Wildman–Crippen LogP) is 6.13. The lowest BCUT2D eigenvalue weighted by atomic mass is 9.31. The summed E-state index contributed by atoms with van der Waals surface area (Å²) < 4.78 is 23.0. The van der Waals surface area contributed by atoms with Gasteiger partial charge in [0.25, 0.3) is 13.4 Å². The second kappa shape index (κ2) is 9.69. The van der Waals surface area contributed by atoms with Crippen molar-refractivity contribution < 1.29 is 14.2 Å². The first-order chi connectivity index (χ1) is 23.8. The van der Waals surface area contributed by atoms with Gasteiger partial charge >= 0.3 is 0 Å². The lowest BCUT2D eigenvalue weighted by Gasteiger charge is -2.37. The number of hydrogen-bond donors (Lipinski definition) is 0. The molecule has 0 saturated heterocycles. The third-order valence-electron chi connectivity index (χ3n) is 10.3. The second-order valence-electron chi connectivity index (χ2n) is 12.7. The Morgan fingerprint density at radius 2 is 0.771 bits per heavy atom. The molecule has 0 saturated carbocycles. The van der Waals surface area contributed by atoms with E-state index in [2.05, 4.69) is 138 Å². The van der Waals surface area contributed by atoms with Crippen molar-refractivity contribution in [3.05, 3.63) is 152 Å². The number of hydrogen-bond acceptors (Lipinski definition) is 3. The van der Waals surface area contributed by atoms with Gasteiger partial charge < -0.3 is 18.8 Å². The van der Waals surface area contributed by atoms with E-state index in [-0.39, 0.29) is 13.4 Å². The van der Waals surface area contributed by atoms with E-state index in [0.29, 0.717) is 0 Å². The molecule has 3 aliphatic heterocycles. The molecule has 0 radical (unpaired) electrons. The van der Waals surface area contributed by atoms with Gasteiger partial charge in [0.1, 0.15) is 34.5 Å². The maximum atomic E-state index is 7.18. The van der Waals surface area contributed by atoms with Gasteiger partial charge in [-0.05, 0) is 63.7 Å². The maximum Gasteiger partial charge on any atom is 0.260 e. The van der Waals surface area contributed by atoms with Crippen LogP contribution in [0, 0.1) is 0 Å². The van der Waals surface area contributed by atoms with E-state index >= 15 is 0 Å². The fourth-order valence-electron chi connectivity index (χ4n) is 8.32. The van der Waals surface area contributed by atoms with Crippen LogP contribution < -0.4 is 47.0 Å². The van der Waals surface area contributed by atoms with Crippen molar-refractivity contribution in [1.82, 2.24) is 4.57 Å². The van der Waals surface area contributed by atoms with Crippen LogP contribution in [0.2, 0.25) is 0 Å². The van der Waals surface area contributed by atoms with E-state index in [9.17, 15) is 0 Å². The molecule has 4 nitrogen and oxygen atoms in total. The Bertz CT molecular complexity index is 2530. The molecule has 0 amide bonds. The van der Waals surface area contributed by atoms with Gasteiger partial charge in [-0.25, -0.2) is 0 Å². The van der Waals surface area contributed by atoms with Crippen LogP contribution in [0.5, 0.6) is 34.5 Å². The summed E-state index contributed by atoms with van der Waals surface area (Å²) in [7, 11) is 0. The van der Waals surface area contributed by atoms with Crippen LogP contribution in [0.25, 0.3) is 27.5 Å². The van der Waals surface area contributed by atoms with Crippen LogP contribution in [-0.2, 0) is 0 Å². The minimum Gasteiger partial charge on any atom is -0.459 e. The fraction of sp³-hybridized carbons (Fsp3) is 0. The molecule has 3 aliphatic rings. The molecule has 7 aromatic carbocycles. The molecule has 0 fully saturated rings. The molecule has 48 heavy (non-hydrogen) atoms. The van der Waals surface area contributed by atoms with E-state index < -0.39 is 0 Å². The van der Waals surface area contributed by atoms with Crippen LogP contribution in [0.1, 0.15) is 0 Å². The van der Waals surface area contributed by atoms with Crippen molar-refractivity contribution in [3.8, 4) is 40.2 Å². The minimum atomic E-state index is -0.176. The van der Waals surface area contributed by atoms with E-state index in [4.69, 9.17) is 14.2 Å².